The molecule has 1 aromatic carbocycles. The third-order valence-corrected chi connectivity index (χ3v) is 4.34. The fourth-order valence-corrected chi connectivity index (χ4v) is 2.55. The van der Waals surface area contributed by atoms with Crippen LogP contribution >= 0.6 is 11.6 Å². The van der Waals surface area contributed by atoms with Gasteiger partial charge in [-0.1, -0.05) is 31.5 Å². The second-order valence-corrected chi connectivity index (χ2v) is 5.46. The summed E-state index contributed by atoms with van der Waals surface area (Å²) in [5.41, 5.74) is 5.03. The summed E-state index contributed by atoms with van der Waals surface area (Å²) >= 11 is 5.88. The molecule has 0 saturated heterocycles. The molecule has 0 aliphatic rings. The Balaban J connectivity index is 2.77. The highest BCUT2D eigenvalue weighted by Crippen LogP contribution is 2.27. The van der Waals surface area contributed by atoms with Gasteiger partial charge in [0.1, 0.15) is 11.9 Å². The van der Waals surface area contributed by atoms with Crippen LogP contribution in [0.2, 0.25) is 5.02 Å². The second-order valence-electron chi connectivity index (χ2n) is 5.05. The van der Waals surface area contributed by atoms with Gasteiger partial charge in [0.2, 0.25) is 5.91 Å². The molecule has 4 N–H and O–H groups in total. The van der Waals surface area contributed by atoms with Gasteiger partial charge in [-0.2, -0.15) is 0 Å². The van der Waals surface area contributed by atoms with Crippen molar-refractivity contribution in [2.75, 3.05) is 13.1 Å². The Labute approximate surface area is 129 Å². The Kier molecular flexibility index (Phi) is 6.58. The van der Waals surface area contributed by atoms with Gasteiger partial charge in [0.25, 0.3) is 0 Å². The first-order chi connectivity index (χ1) is 9.91. The molecule has 6 heteroatoms. The summed E-state index contributed by atoms with van der Waals surface area (Å²) in [5.74, 6) is -0.832. The maximum atomic E-state index is 13.7. The van der Waals surface area contributed by atoms with Gasteiger partial charge < -0.3 is 16.2 Å². The number of nitrogens with one attached hydrogen (secondary N) is 1. The molecular weight excluding hydrogens is 295 g/mol. The van der Waals surface area contributed by atoms with Gasteiger partial charge in [-0.15, -0.1) is 0 Å². The monoisotopic (exact) mass is 316 g/mol. The van der Waals surface area contributed by atoms with Crippen molar-refractivity contribution in [3.8, 4) is 0 Å². The van der Waals surface area contributed by atoms with E-state index in [4.69, 9.17) is 17.3 Å². The van der Waals surface area contributed by atoms with Crippen LogP contribution in [0, 0.1) is 11.2 Å². The smallest absolute Gasteiger partial charge is 0.227 e. The fourth-order valence-electron chi connectivity index (χ4n) is 2.26. The van der Waals surface area contributed by atoms with E-state index in [9.17, 15) is 14.3 Å². The molecule has 4 nitrogen and oxygen atoms in total. The molecule has 1 aromatic rings. The van der Waals surface area contributed by atoms with Crippen LogP contribution in [0.3, 0.4) is 0 Å². The zero-order valence-electron chi connectivity index (χ0n) is 12.3. The SMILES string of the molecule is CCC(CC)(CN)C(=O)NCC(O)c1c(F)cccc1Cl. The lowest BCUT2D eigenvalue weighted by molar-refractivity contribution is -0.131. The average Bonchev–Trinajstić information content (AvgIpc) is 2.47. The van der Waals surface area contributed by atoms with Gasteiger partial charge in [0.15, 0.2) is 0 Å². The third kappa shape index (κ3) is 3.93. The largest absolute Gasteiger partial charge is 0.386 e. The van der Waals surface area contributed by atoms with Crippen LogP contribution in [0.5, 0.6) is 0 Å². The number of aliphatic hydroxyl groups is 1. The van der Waals surface area contributed by atoms with E-state index in [1.54, 1.807) is 0 Å². The van der Waals surface area contributed by atoms with Crippen molar-refractivity contribution in [1.82, 2.24) is 5.32 Å². The van der Waals surface area contributed by atoms with E-state index in [1.807, 2.05) is 13.8 Å². The average molecular weight is 317 g/mol. The summed E-state index contributed by atoms with van der Waals surface area (Å²) in [6, 6.07) is 4.17. The maximum Gasteiger partial charge on any atom is 0.227 e. The topological polar surface area (TPSA) is 75.4 Å². The zero-order chi connectivity index (χ0) is 16.0. The molecule has 0 saturated carbocycles. The van der Waals surface area contributed by atoms with E-state index in [0.717, 1.165) is 0 Å². The van der Waals surface area contributed by atoms with E-state index < -0.39 is 17.3 Å². The van der Waals surface area contributed by atoms with Gasteiger partial charge in [0, 0.05) is 23.7 Å². The van der Waals surface area contributed by atoms with Gasteiger partial charge in [-0.05, 0) is 25.0 Å². The fraction of sp³-hybridized carbons (Fsp3) is 0.533. The Bertz CT molecular complexity index is 464. The highest BCUT2D eigenvalue weighted by atomic mass is 35.5. The number of amides is 1. The van der Waals surface area contributed by atoms with Crippen LogP contribution in [0.4, 0.5) is 4.39 Å². The number of carbonyl (C=O) groups is 1. The first-order valence-electron chi connectivity index (χ1n) is 7.02. The molecule has 0 spiro atoms. The van der Waals surface area contributed by atoms with Gasteiger partial charge in [0.05, 0.1) is 5.41 Å². The van der Waals surface area contributed by atoms with E-state index in [2.05, 4.69) is 5.32 Å². The number of nitrogens with two attached hydrogens (primary N) is 1. The zero-order valence-corrected chi connectivity index (χ0v) is 13.1. The van der Waals surface area contributed by atoms with E-state index in [-0.39, 0.29) is 29.6 Å². The summed E-state index contributed by atoms with van der Waals surface area (Å²) in [5, 5.41) is 12.8. The number of rotatable bonds is 7. The van der Waals surface area contributed by atoms with Gasteiger partial charge in [-0.3, -0.25) is 4.79 Å². The van der Waals surface area contributed by atoms with Crippen molar-refractivity contribution < 1.29 is 14.3 Å². The molecule has 0 aromatic heterocycles. The van der Waals surface area contributed by atoms with Crippen LogP contribution in [0.25, 0.3) is 0 Å². The Morgan fingerprint density at radius 1 is 1.48 bits per heavy atom. The molecule has 118 valence electrons. The van der Waals surface area contributed by atoms with Crippen molar-refractivity contribution in [3.05, 3.63) is 34.6 Å². The standard InChI is InChI=1S/C15H22ClFN2O2/c1-3-15(4-2,9-18)14(21)19-8-12(20)13-10(16)6-5-7-11(13)17/h5-7,12,20H,3-4,8-9,18H2,1-2H3,(H,19,21). The van der Waals surface area contributed by atoms with E-state index >= 15 is 0 Å². The molecule has 1 unspecified atom stereocenters. The second kappa shape index (κ2) is 7.73. The predicted molar refractivity (Wildman–Crippen MR) is 81.4 cm³/mol. The van der Waals surface area contributed by atoms with E-state index in [0.29, 0.717) is 12.8 Å². The maximum absolute atomic E-state index is 13.7. The molecule has 0 aliphatic heterocycles. The number of benzene rings is 1. The molecule has 0 heterocycles. The number of hydrogen-bond acceptors (Lipinski definition) is 3. The van der Waals surface area contributed by atoms with Crippen molar-refractivity contribution in [1.29, 1.82) is 0 Å². The van der Waals surface area contributed by atoms with Crippen LogP contribution in [0.1, 0.15) is 38.4 Å². The molecule has 0 aliphatic carbocycles. The summed E-state index contributed by atoms with van der Waals surface area (Å²) in [7, 11) is 0. The first kappa shape index (κ1) is 17.9. The highest BCUT2D eigenvalue weighted by molar-refractivity contribution is 6.31. The summed E-state index contributed by atoms with van der Waals surface area (Å²) < 4.78 is 13.7. The van der Waals surface area contributed by atoms with Crippen LogP contribution < -0.4 is 11.1 Å². The first-order valence-corrected chi connectivity index (χ1v) is 7.40. The summed E-state index contributed by atoms with van der Waals surface area (Å²) in [6.07, 6.45) is -0.00283. The number of carbonyl (C=O) groups excluding carboxylic acids is 1. The van der Waals surface area contributed by atoms with E-state index in [1.165, 1.54) is 18.2 Å². The molecular formula is C15H22ClFN2O2. The molecule has 0 bridgehead atoms. The van der Waals surface area contributed by atoms with Crippen LogP contribution in [-0.2, 0) is 4.79 Å². The van der Waals surface area contributed by atoms with Crippen molar-refractivity contribution >= 4 is 17.5 Å². The minimum Gasteiger partial charge on any atom is -0.386 e. The highest BCUT2D eigenvalue weighted by Gasteiger charge is 2.33. The summed E-state index contributed by atoms with van der Waals surface area (Å²) in [6.45, 7) is 3.89. The molecule has 0 radical (unpaired) electrons. The summed E-state index contributed by atoms with van der Waals surface area (Å²) in [4.78, 5) is 12.2. The quantitative estimate of drug-likeness (QED) is 0.723. The lowest BCUT2D eigenvalue weighted by Gasteiger charge is -2.29. The minimum atomic E-state index is -1.20. The lowest BCUT2D eigenvalue weighted by atomic mass is 9.81. The number of aliphatic hydroxyl groups excluding tert-OH is 1. The molecule has 1 rings (SSSR count). The molecule has 0 fully saturated rings. The predicted octanol–water partition coefficient (Wildman–Crippen LogP) is 2.39. The van der Waals surface area contributed by atoms with Gasteiger partial charge >= 0.3 is 0 Å². The van der Waals surface area contributed by atoms with Crippen LogP contribution in [-0.4, -0.2) is 24.1 Å². The van der Waals surface area contributed by atoms with Crippen molar-refractivity contribution in [2.24, 2.45) is 11.1 Å². The number of halogens is 2. The van der Waals surface area contributed by atoms with Crippen molar-refractivity contribution in [3.63, 3.8) is 0 Å². The van der Waals surface area contributed by atoms with Crippen molar-refractivity contribution in [2.45, 2.75) is 32.8 Å². The molecule has 1 amide bonds. The van der Waals surface area contributed by atoms with Crippen LogP contribution in [0.15, 0.2) is 18.2 Å². The third-order valence-electron chi connectivity index (χ3n) is 4.01. The Morgan fingerprint density at radius 3 is 2.57 bits per heavy atom. The normalized spacial score (nSPS) is 13.0. The van der Waals surface area contributed by atoms with Gasteiger partial charge in [-0.25, -0.2) is 4.39 Å². The Hall–Kier alpha value is -1.17. The minimum absolute atomic E-state index is 0.00851. The number of hydrogen-bond donors (Lipinski definition) is 3. The Morgan fingerprint density at radius 2 is 2.10 bits per heavy atom. The molecule has 1 atom stereocenters. The lowest BCUT2D eigenvalue weighted by Crippen LogP contribution is -2.46. The molecule has 21 heavy (non-hydrogen) atoms.